The van der Waals surface area contributed by atoms with Gasteiger partial charge in [0.2, 0.25) is 0 Å². The molecule has 0 radical (unpaired) electrons. The summed E-state index contributed by atoms with van der Waals surface area (Å²) in [4.78, 5) is 16.4. The molecule has 1 aromatic carbocycles. The van der Waals surface area contributed by atoms with E-state index < -0.39 is 5.60 Å². The average molecular weight is 313 g/mol. The van der Waals surface area contributed by atoms with Crippen molar-refractivity contribution in [3.05, 3.63) is 35.9 Å². The first kappa shape index (κ1) is 15.8. The van der Waals surface area contributed by atoms with Crippen molar-refractivity contribution in [3.63, 3.8) is 0 Å². The van der Waals surface area contributed by atoms with Gasteiger partial charge in [0, 0.05) is 25.7 Å². The van der Waals surface area contributed by atoms with Crippen LogP contribution >= 0.6 is 0 Å². The number of benzene rings is 1. The van der Waals surface area contributed by atoms with Crippen molar-refractivity contribution in [1.82, 2.24) is 9.80 Å². The predicted octanol–water partition coefficient (Wildman–Crippen LogP) is 2.63. The second-order valence-electron chi connectivity index (χ2n) is 7.34. The van der Waals surface area contributed by atoms with Gasteiger partial charge in [-0.1, -0.05) is 30.3 Å². The van der Waals surface area contributed by atoms with Crippen LogP contribution in [0.15, 0.2) is 30.3 Å². The summed E-state index contributed by atoms with van der Waals surface area (Å²) in [5.41, 5.74) is 0.725. The molecule has 0 saturated carbocycles. The highest BCUT2D eigenvalue weighted by molar-refractivity contribution is 5.69. The molecule has 0 unspecified atom stereocenters. The lowest BCUT2D eigenvalue weighted by molar-refractivity contribution is -0.0158. The minimum atomic E-state index is -0.509. The Labute approximate surface area is 137 Å². The van der Waals surface area contributed by atoms with Gasteiger partial charge in [-0.2, -0.15) is 5.26 Å². The van der Waals surface area contributed by atoms with E-state index in [1.54, 1.807) is 4.90 Å². The Morgan fingerprint density at radius 3 is 2.61 bits per heavy atom. The van der Waals surface area contributed by atoms with Crippen molar-refractivity contribution in [2.24, 2.45) is 5.92 Å². The Kier molecular flexibility index (Phi) is 4.03. The van der Waals surface area contributed by atoms with Crippen LogP contribution in [0.2, 0.25) is 0 Å². The molecule has 0 aromatic heterocycles. The molecule has 5 heteroatoms. The molecule has 1 amide bonds. The number of likely N-dealkylation sites (tertiary alicyclic amines) is 2. The number of carbonyl (C=O) groups excluding carboxylic acids is 1. The van der Waals surface area contributed by atoms with Crippen molar-refractivity contribution < 1.29 is 9.53 Å². The van der Waals surface area contributed by atoms with Crippen molar-refractivity contribution in [2.45, 2.75) is 45.0 Å². The molecule has 3 rings (SSSR count). The largest absolute Gasteiger partial charge is 0.444 e. The second-order valence-corrected chi connectivity index (χ2v) is 7.34. The molecule has 2 aliphatic rings. The first-order valence-corrected chi connectivity index (χ1v) is 8.06. The van der Waals surface area contributed by atoms with Crippen LogP contribution in [0, 0.1) is 17.2 Å². The molecular weight excluding hydrogens is 290 g/mol. The van der Waals surface area contributed by atoms with Gasteiger partial charge < -0.3 is 9.64 Å². The molecule has 1 aromatic rings. The average Bonchev–Trinajstić information content (AvgIpc) is 2.76. The van der Waals surface area contributed by atoms with Gasteiger partial charge in [-0.25, -0.2) is 4.79 Å². The van der Waals surface area contributed by atoms with Gasteiger partial charge in [0.05, 0.1) is 18.0 Å². The van der Waals surface area contributed by atoms with E-state index in [0.29, 0.717) is 6.54 Å². The van der Waals surface area contributed by atoms with E-state index >= 15 is 0 Å². The lowest BCUT2D eigenvalue weighted by atomic mass is 9.89. The fraction of sp³-hybridized carbons (Fsp3) is 0.556. The van der Waals surface area contributed by atoms with Gasteiger partial charge in [0.15, 0.2) is 0 Å². The van der Waals surface area contributed by atoms with E-state index in [9.17, 15) is 10.1 Å². The number of nitrogens with zero attached hydrogens (tertiary/aromatic N) is 3. The van der Waals surface area contributed by atoms with Crippen LogP contribution in [0.4, 0.5) is 4.79 Å². The van der Waals surface area contributed by atoms with E-state index in [1.165, 1.54) is 5.56 Å². The molecule has 0 spiro atoms. The van der Waals surface area contributed by atoms with Gasteiger partial charge in [-0.05, 0) is 26.3 Å². The third kappa shape index (κ3) is 3.18. The molecule has 0 bridgehead atoms. The zero-order valence-corrected chi connectivity index (χ0v) is 13.9. The van der Waals surface area contributed by atoms with Crippen molar-refractivity contribution in [1.29, 1.82) is 5.26 Å². The van der Waals surface area contributed by atoms with Crippen LogP contribution in [0.1, 0.15) is 26.3 Å². The molecule has 2 heterocycles. The second kappa shape index (κ2) is 5.86. The summed E-state index contributed by atoms with van der Waals surface area (Å²) in [5, 5.41) is 9.45. The number of nitriles is 1. The molecule has 23 heavy (non-hydrogen) atoms. The minimum absolute atomic E-state index is 0.0956. The third-order valence-corrected chi connectivity index (χ3v) is 4.47. The fourth-order valence-corrected chi connectivity index (χ4v) is 3.47. The summed E-state index contributed by atoms with van der Waals surface area (Å²) >= 11 is 0. The SMILES string of the molecule is CC(C)(C)OC(=O)N1C[C@@H](C#N)[C@H]2[C@@H]1CN2Cc1ccccc1. The summed E-state index contributed by atoms with van der Waals surface area (Å²) in [7, 11) is 0. The van der Waals surface area contributed by atoms with Crippen LogP contribution < -0.4 is 0 Å². The van der Waals surface area contributed by atoms with Crippen LogP contribution in [-0.2, 0) is 11.3 Å². The highest BCUT2D eigenvalue weighted by Gasteiger charge is 2.54. The van der Waals surface area contributed by atoms with Crippen molar-refractivity contribution in [3.8, 4) is 6.07 Å². The van der Waals surface area contributed by atoms with E-state index in [4.69, 9.17) is 4.74 Å². The Balaban J connectivity index is 1.68. The maximum atomic E-state index is 12.4. The molecule has 122 valence electrons. The molecule has 3 atom stereocenters. The molecule has 0 aliphatic carbocycles. The Morgan fingerprint density at radius 1 is 1.30 bits per heavy atom. The maximum absolute atomic E-state index is 12.4. The van der Waals surface area contributed by atoms with Gasteiger partial charge in [0.1, 0.15) is 5.60 Å². The zero-order chi connectivity index (χ0) is 16.6. The minimum Gasteiger partial charge on any atom is -0.444 e. The topological polar surface area (TPSA) is 56.6 Å². The molecule has 5 nitrogen and oxygen atoms in total. The predicted molar refractivity (Wildman–Crippen MR) is 86.5 cm³/mol. The number of fused-ring (bicyclic) bond motifs is 1. The quantitative estimate of drug-likeness (QED) is 0.842. The van der Waals surface area contributed by atoms with Crippen LogP contribution in [-0.4, -0.2) is 46.7 Å². The standard InChI is InChI=1S/C18H23N3O2/c1-18(2,3)23-17(22)21-11-14(9-19)16-15(21)12-20(16)10-13-7-5-4-6-8-13/h4-8,14-16H,10-12H2,1-3H3/t14-,15+,16+/m1/s1. The molecule has 2 saturated heterocycles. The smallest absolute Gasteiger partial charge is 0.410 e. The number of hydrogen-bond acceptors (Lipinski definition) is 4. The Bertz CT molecular complexity index is 617. The third-order valence-electron chi connectivity index (χ3n) is 4.47. The van der Waals surface area contributed by atoms with Crippen LogP contribution in [0.25, 0.3) is 0 Å². The van der Waals surface area contributed by atoms with E-state index in [0.717, 1.165) is 13.1 Å². The fourth-order valence-electron chi connectivity index (χ4n) is 3.47. The van der Waals surface area contributed by atoms with Gasteiger partial charge in [-0.15, -0.1) is 0 Å². The normalized spacial score (nSPS) is 27.0. The molecule has 0 N–H and O–H groups in total. The Hall–Kier alpha value is -2.06. The van der Waals surface area contributed by atoms with E-state index in [-0.39, 0.29) is 24.1 Å². The first-order chi connectivity index (χ1) is 10.9. The van der Waals surface area contributed by atoms with E-state index in [2.05, 4.69) is 23.1 Å². The zero-order valence-electron chi connectivity index (χ0n) is 13.9. The molecule has 2 aliphatic heterocycles. The number of amides is 1. The molecular formula is C18H23N3O2. The summed E-state index contributed by atoms with van der Waals surface area (Å²) < 4.78 is 5.48. The lowest BCUT2D eigenvalue weighted by Gasteiger charge is -2.47. The summed E-state index contributed by atoms with van der Waals surface area (Å²) in [6.07, 6.45) is -0.301. The number of carbonyl (C=O) groups is 1. The van der Waals surface area contributed by atoms with Crippen molar-refractivity contribution in [2.75, 3.05) is 13.1 Å². The van der Waals surface area contributed by atoms with Crippen LogP contribution in [0.3, 0.4) is 0 Å². The number of rotatable bonds is 2. The number of hydrogen-bond donors (Lipinski definition) is 0. The van der Waals surface area contributed by atoms with E-state index in [1.807, 2.05) is 39.0 Å². The highest BCUT2D eigenvalue weighted by Crippen LogP contribution is 2.38. The summed E-state index contributed by atoms with van der Waals surface area (Å²) in [6.45, 7) is 7.68. The van der Waals surface area contributed by atoms with Crippen LogP contribution in [0.5, 0.6) is 0 Å². The highest BCUT2D eigenvalue weighted by atomic mass is 16.6. The Morgan fingerprint density at radius 2 is 2.00 bits per heavy atom. The first-order valence-electron chi connectivity index (χ1n) is 8.06. The van der Waals surface area contributed by atoms with Gasteiger partial charge >= 0.3 is 6.09 Å². The van der Waals surface area contributed by atoms with Gasteiger partial charge in [0.25, 0.3) is 0 Å². The van der Waals surface area contributed by atoms with Crippen molar-refractivity contribution >= 4 is 6.09 Å². The van der Waals surface area contributed by atoms with Gasteiger partial charge in [-0.3, -0.25) is 4.90 Å². The molecule has 2 fully saturated rings. The number of ether oxygens (including phenoxy) is 1. The lowest BCUT2D eigenvalue weighted by Crippen LogP contribution is -2.63. The summed E-state index contributed by atoms with van der Waals surface area (Å²) in [6, 6.07) is 12.8. The maximum Gasteiger partial charge on any atom is 0.410 e. The summed E-state index contributed by atoms with van der Waals surface area (Å²) in [5.74, 6) is -0.148. The monoisotopic (exact) mass is 313 g/mol.